The number of aromatic nitrogens is 1. The van der Waals surface area contributed by atoms with Gasteiger partial charge in [-0.3, -0.25) is 14.2 Å². The van der Waals surface area contributed by atoms with Crippen molar-refractivity contribution in [3.05, 3.63) is 64.1 Å². The van der Waals surface area contributed by atoms with Gasteiger partial charge in [0.15, 0.2) is 11.6 Å². The molecule has 26 heavy (non-hydrogen) atoms. The number of halogens is 2. The molecule has 0 radical (unpaired) electrons. The van der Waals surface area contributed by atoms with Gasteiger partial charge in [0.05, 0.1) is 11.4 Å². The molecule has 0 spiro atoms. The number of carbonyl (C=O) groups is 2. The van der Waals surface area contributed by atoms with Gasteiger partial charge < -0.3 is 10.8 Å². The predicted octanol–water partition coefficient (Wildman–Crippen LogP) is 3.73. The highest BCUT2D eigenvalue weighted by Gasteiger charge is 2.26. The lowest BCUT2D eigenvalue weighted by molar-refractivity contribution is -0.119. The van der Waals surface area contributed by atoms with Crippen LogP contribution in [0.15, 0.2) is 36.4 Å². The Kier molecular flexibility index (Phi) is 4.46. The summed E-state index contributed by atoms with van der Waals surface area (Å²) in [6, 6.07) is 8.55. The van der Waals surface area contributed by atoms with Gasteiger partial charge in [0.25, 0.3) is 5.91 Å². The SMILES string of the molecule is Cc1c([C@@H](C)C(N)=O)c2cc(O)c(F)cc2n1C(=O)c1ccc(Cl)cc1. The van der Waals surface area contributed by atoms with E-state index in [1.807, 2.05) is 0 Å². The summed E-state index contributed by atoms with van der Waals surface area (Å²) in [6.07, 6.45) is 0. The number of hydrogen-bond acceptors (Lipinski definition) is 3. The highest BCUT2D eigenvalue weighted by Crippen LogP contribution is 2.35. The maximum atomic E-state index is 14.0. The molecule has 1 amide bonds. The Bertz CT molecular complexity index is 1040. The zero-order valence-electron chi connectivity index (χ0n) is 14.1. The molecule has 5 nitrogen and oxygen atoms in total. The number of aromatic hydroxyl groups is 1. The maximum Gasteiger partial charge on any atom is 0.262 e. The van der Waals surface area contributed by atoms with Gasteiger partial charge in [-0.25, -0.2) is 4.39 Å². The molecule has 0 saturated carbocycles. The van der Waals surface area contributed by atoms with Gasteiger partial charge in [0.2, 0.25) is 5.91 Å². The van der Waals surface area contributed by atoms with Crippen molar-refractivity contribution in [2.75, 3.05) is 0 Å². The van der Waals surface area contributed by atoms with E-state index in [1.165, 1.54) is 10.6 Å². The standard InChI is InChI=1S/C19H16ClFN2O3/c1-9(18(22)25)17-10(2)23(15-8-14(21)16(24)7-13(15)17)19(26)11-3-5-12(20)6-4-11/h3-9,24H,1-2H3,(H2,22,25)/t9-/m1/s1. The van der Waals surface area contributed by atoms with Crippen LogP contribution >= 0.6 is 11.6 Å². The summed E-state index contributed by atoms with van der Waals surface area (Å²) in [5, 5.41) is 10.6. The van der Waals surface area contributed by atoms with E-state index in [4.69, 9.17) is 17.3 Å². The summed E-state index contributed by atoms with van der Waals surface area (Å²) in [6.45, 7) is 3.25. The summed E-state index contributed by atoms with van der Waals surface area (Å²) in [5.41, 5.74) is 6.96. The topological polar surface area (TPSA) is 85.3 Å². The van der Waals surface area contributed by atoms with Crippen molar-refractivity contribution in [1.82, 2.24) is 4.57 Å². The quantitative estimate of drug-likeness (QED) is 0.732. The number of carbonyl (C=O) groups excluding carboxylic acids is 2. The molecule has 3 rings (SSSR count). The van der Waals surface area contributed by atoms with E-state index in [0.29, 0.717) is 27.2 Å². The molecule has 7 heteroatoms. The van der Waals surface area contributed by atoms with Crippen molar-refractivity contribution in [2.45, 2.75) is 19.8 Å². The van der Waals surface area contributed by atoms with E-state index < -0.39 is 29.3 Å². The summed E-state index contributed by atoms with van der Waals surface area (Å²) in [4.78, 5) is 24.7. The molecule has 1 heterocycles. The normalized spacial score (nSPS) is 12.3. The van der Waals surface area contributed by atoms with E-state index in [9.17, 15) is 19.1 Å². The maximum absolute atomic E-state index is 14.0. The van der Waals surface area contributed by atoms with Crippen LogP contribution in [0.1, 0.15) is 34.5 Å². The number of benzene rings is 2. The molecule has 3 N–H and O–H groups in total. The zero-order chi connectivity index (χ0) is 19.2. The third-order valence-corrected chi connectivity index (χ3v) is 4.73. The first-order valence-corrected chi connectivity index (χ1v) is 8.23. The summed E-state index contributed by atoms with van der Waals surface area (Å²) in [5.74, 6) is -3.14. The minimum absolute atomic E-state index is 0.251. The minimum Gasteiger partial charge on any atom is -0.505 e. The molecule has 3 aromatic rings. The van der Waals surface area contributed by atoms with Crippen LogP contribution < -0.4 is 5.73 Å². The number of fused-ring (bicyclic) bond motifs is 1. The van der Waals surface area contributed by atoms with E-state index in [2.05, 4.69) is 0 Å². The van der Waals surface area contributed by atoms with Gasteiger partial charge in [-0.2, -0.15) is 0 Å². The molecule has 0 fully saturated rings. The molecule has 2 aromatic carbocycles. The third kappa shape index (κ3) is 2.82. The Labute approximate surface area is 153 Å². The highest BCUT2D eigenvalue weighted by atomic mass is 35.5. The number of nitrogens with two attached hydrogens (primary N) is 1. The van der Waals surface area contributed by atoms with E-state index in [-0.39, 0.29) is 5.52 Å². The number of phenolic OH excluding ortho intramolecular Hbond substituents is 1. The second kappa shape index (κ2) is 6.46. The van der Waals surface area contributed by atoms with Gasteiger partial charge in [0, 0.05) is 27.7 Å². The first-order valence-electron chi connectivity index (χ1n) is 7.85. The fraction of sp³-hybridized carbons (Fsp3) is 0.158. The number of amides is 1. The Morgan fingerprint density at radius 3 is 2.42 bits per heavy atom. The molecule has 0 saturated heterocycles. The predicted molar refractivity (Wildman–Crippen MR) is 97.1 cm³/mol. The monoisotopic (exact) mass is 374 g/mol. The minimum atomic E-state index is -0.863. The molecular formula is C19H16ClFN2O3. The molecule has 134 valence electrons. The van der Waals surface area contributed by atoms with Crippen molar-refractivity contribution in [3.8, 4) is 5.75 Å². The third-order valence-electron chi connectivity index (χ3n) is 4.48. The van der Waals surface area contributed by atoms with Crippen molar-refractivity contribution in [3.63, 3.8) is 0 Å². The van der Waals surface area contributed by atoms with E-state index in [0.717, 1.165) is 6.07 Å². The lowest BCUT2D eigenvalue weighted by Crippen LogP contribution is -2.20. The van der Waals surface area contributed by atoms with Gasteiger partial charge in [-0.05, 0) is 49.7 Å². The van der Waals surface area contributed by atoms with Crippen LogP contribution in [0.2, 0.25) is 5.02 Å². The fourth-order valence-electron chi connectivity index (χ4n) is 3.12. The first kappa shape index (κ1) is 17.9. The molecule has 1 atom stereocenters. The van der Waals surface area contributed by atoms with Gasteiger partial charge in [-0.15, -0.1) is 0 Å². The van der Waals surface area contributed by atoms with Crippen molar-refractivity contribution < 1.29 is 19.1 Å². The van der Waals surface area contributed by atoms with Crippen LogP contribution in [0.3, 0.4) is 0 Å². The van der Waals surface area contributed by atoms with Crippen molar-refractivity contribution in [1.29, 1.82) is 0 Å². The Hall–Kier alpha value is -2.86. The number of rotatable bonds is 3. The molecule has 1 aromatic heterocycles. The molecule has 0 aliphatic rings. The molecule has 0 bridgehead atoms. The van der Waals surface area contributed by atoms with Crippen LogP contribution in [0.25, 0.3) is 10.9 Å². The number of hydrogen-bond donors (Lipinski definition) is 2. The Morgan fingerprint density at radius 2 is 1.85 bits per heavy atom. The van der Waals surface area contributed by atoms with Crippen LogP contribution in [0.5, 0.6) is 5.75 Å². The van der Waals surface area contributed by atoms with Crippen LogP contribution in [-0.4, -0.2) is 21.5 Å². The summed E-state index contributed by atoms with van der Waals surface area (Å²) >= 11 is 5.86. The molecule has 0 unspecified atom stereocenters. The molecule has 0 aliphatic heterocycles. The number of primary amides is 1. The largest absolute Gasteiger partial charge is 0.505 e. The van der Waals surface area contributed by atoms with Crippen LogP contribution in [0, 0.1) is 12.7 Å². The van der Waals surface area contributed by atoms with Crippen LogP contribution in [0.4, 0.5) is 4.39 Å². The van der Waals surface area contributed by atoms with Gasteiger partial charge in [0.1, 0.15) is 0 Å². The van der Waals surface area contributed by atoms with Crippen molar-refractivity contribution >= 4 is 34.3 Å². The second-order valence-electron chi connectivity index (χ2n) is 6.09. The lowest BCUT2D eigenvalue weighted by atomic mass is 9.97. The summed E-state index contributed by atoms with van der Waals surface area (Å²) in [7, 11) is 0. The smallest absolute Gasteiger partial charge is 0.262 e. The molecular weight excluding hydrogens is 359 g/mol. The molecule has 0 aliphatic carbocycles. The first-order chi connectivity index (χ1) is 12.2. The van der Waals surface area contributed by atoms with Crippen LogP contribution in [-0.2, 0) is 4.79 Å². The Morgan fingerprint density at radius 1 is 1.23 bits per heavy atom. The van der Waals surface area contributed by atoms with Gasteiger partial charge >= 0.3 is 0 Å². The van der Waals surface area contributed by atoms with E-state index >= 15 is 0 Å². The average molecular weight is 375 g/mol. The van der Waals surface area contributed by atoms with Crippen molar-refractivity contribution in [2.24, 2.45) is 5.73 Å². The van der Waals surface area contributed by atoms with E-state index in [1.54, 1.807) is 38.1 Å². The lowest BCUT2D eigenvalue weighted by Gasteiger charge is -2.10. The highest BCUT2D eigenvalue weighted by molar-refractivity contribution is 6.30. The Balaban J connectivity index is 2.33. The number of phenols is 1. The average Bonchev–Trinajstić information content (AvgIpc) is 2.85. The summed E-state index contributed by atoms with van der Waals surface area (Å²) < 4.78 is 15.3. The zero-order valence-corrected chi connectivity index (χ0v) is 14.8. The van der Waals surface area contributed by atoms with Gasteiger partial charge in [-0.1, -0.05) is 11.6 Å². The fourth-order valence-corrected chi connectivity index (χ4v) is 3.25. The second-order valence-corrected chi connectivity index (χ2v) is 6.53. The number of nitrogens with zero attached hydrogens (tertiary/aromatic N) is 1.